The Morgan fingerprint density at radius 3 is 3.10 bits per heavy atom. The number of ether oxygens (including phenoxy) is 1. The molecule has 4 heteroatoms. The highest BCUT2D eigenvalue weighted by molar-refractivity contribution is 4.81. The maximum atomic E-state index is 9.42. The van der Waals surface area contributed by atoms with E-state index in [4.69, 9.17) is 9.84 Å². The number of aliphatic hydroxyl groups is 2. The van der Waals surface area contributed by atoms with Gasteiger partial charge in [-0.05, 0) is 0 Å². The number of rotatable bonds is 1. The Morgan fingerprint density at radius 1 is 1.60 bits per heavy atom. The Kier molecular flexibility index (Phi) is 2.62. The lowest BCUT2D eigenvalue weighted by Crippen LogP contribution is -2.45. The van der Waals surface area contributed by atoms with Crippen molar-refractivity contribution in [2.45, 2.75) is 5.60 Å². The minimum atomic E-state index is -1.07. The minimum Gasteiger partial charge on any atom is -0.393 e. The molecule has 0 aromatic rings. The third-order valence-electron chi connectivity index (χ3n) is 1.54. The molecule has 0 amide bonds. The molecule has 1 heterocycles. The van der Waals surface area contributed by atoms with Crippen LogP contribution in [0.25, 0.3) is 0 Å². The van der Waals surface area contributed by atoms with Crippen molar-refractivity contribution < 1.29 is 14.9 Å². The van der Waals surface area contributed by atoms with E-state index in [1.165, 1.54) is 0 Å². The average molecular weight is 147 g/mol. The Hall–Kier alpha value is -0.160. The zero-order valence-electron chi connectivity index (χ0n) is 5.84. The van der Waals surface area contributed by atoms with Gasteiger partial charge in [0.25, 0.3) is 0 Å². The predicted octanol–water partition coefficient (Wildman–Crippen LogP) is -1.67. The summed E-state index contributed by atoms with van der Waals surface area (Å²) in [4.78, 5) is 0. The summed E-state index contributed by atoms with van der Waals surface area (Å²) in [5.41, 5.74) is -1.07. The Bertz CT molecular complexity index is 99.2. The van der Waals surface area contributed by atoms with Crippen molar-refractivity contribution in [2.24, 2.45) is 0 Å². The molecule has 1 unspecified atom stereocenters. The largest absolute Gasteiger partial charge is 0.393 e. The first-order chi connectivity index (χ1) is 4.77. The second kappa shape index (κ2) is 3.30. The highest BCUT2D eigenvalue weighted by Gasteiger charge is 2.27. The first-order valence-corrected chi connectivity index (χ1v) is 3.38. The normalized spacial score (nSPS) is 35.4. The van der Waals surface area contributed by atoms with Crippen LogP contribution in [0.5, 0.6) is 0 Å². The molecule has 0 aliphatic carbocycles. The van der Waals surface area contributed by atoms with Crippen LogP contribution in [0.1, 0.15) is 0 Å². The van der Waals surface area contributed by atoms with Crippen LogP contribution in [0.4, 0.5) is 0 Å². The molecule has 10 heavy (non-hydrogen) atoms. The van der Waals surface area contributed by atoms with Gasteiger partial charge in [-0.3, -0.25) is 0 Å². The lowest BCUT2D eigenvalue weighted by Gasteiger charge is -2.22. The van der Waals surface area contributed by atoms with Crippen LogP contribution in [-0.4, -0.2) is 48.7 Å². The number of nitrogens with one attached hydrogen (secondary N) is 1. The summed E-state index contributed by atoms with van der Waals surface area (Å²) in [5.74, 6) is 0. The predicted molar refractivity (Wildman–Crippen MR) is 35.7 cm³/mol. The molecule has 1 fully saturated rings. The molecular weight excluding hydrogens is 134 g/mol. The van der Waals surface area contributed by atoms with Crippen LogP contribution in [0, 0.1) is 0 Å². The SMILES string of the molecule is OCC1(O)CNCCOC1. The molecule has 1 atom stereocenters. The summed E-state index contributed by atoms with van der Waals surface area (Å²) in [6.07, 6.45) is 0. The molecule has 0 bridgehead atoms. The maximum Gasteiger partial charge on any atom is 0.123 e. The van der Waals surface area contributed by atoms with E-state index in [9.17, 15) is 5.11 Å². The molecule has 4 nitrogen and oxygen atoms in total. The van der Waals surface area contributed by atoms with Gasteiger partial charge in [0.05, 0.1) is 19.8 Å². The smallest absolute Gasteiger partial charge is 0.123 e. The van der Waals surface area contributed by atoms with Crippen LogP contribution < -0.4 is 5.32 Å². The van der Waals surface area contributed by atoms with E-state index in [2.05, 4.69) is 5.32 Å². The zero-order chi connectivity index (χ0) is 7.45. The Morgan fingerprint density at radius 2 is 2.40 bits per heavy atom. The lowest BCUT2D eigenvalue weighted by molar-refractivity contribution is -0.0616. The van der Waals surface area contributed by atoms with Crippen molar-refractivity contribution in [2.75, 3.05) is 32.9 Å². The van der Waals surface area contributed by atoms with Crippen molar-refractivity contribution in [1.29, 1.82) is 0 Å². The molecule has 0 saturated carbocycles. The molecule has 1 rings (SSSR count). The van der Waals surface area contributed by atoms with Crippen molar-refractivity contribution in [3.63, 3.8) is 0 Å². The first kappa shape index (κ1) is 7.94. The second-order valence-corrected chi connectivity index (χ2v) is 2.61. The monoisotopic (exact) mass is 147 g/mol. The van der Waals surface area contributed by atoms with Gasteiger partial charge in [0.15, 0.2) is 0 Å². The molecule has 0 radical (unpaired) electrons. The summed E-state index contributed by atoms with van der Waals surface area (Å²) in [6, 6.07) is 0. The molecule has 60 valence electrons. The van der Waals surface area contributed by atoms with Gasteiger partial charge >= 0.3 is 0 Å². The van der Waals surface area contributed by atoms with E-state index >= 15 is 0 Å². The fourth-order valence-electron chi connectivity index (χ4n) is 0.880. The molecule has 0 aromatic heterocycles. The number of β-amino-alcohol motifs (C(OH)–C–C–N with tert-alkyl or cyclic N) is 1. The van der Waals surface area contributed by atoms with Gasteiger partial charge in [-0.2, -0.15) is 0 Å². The highest BCUT2D eigenvalue weighted by atomic mass is 16.5. The lowest BCUT2D eigenvalue weighted by atomic mass is 10.1. The Labute approximate surface area is 59.8 Å². The van der Waals surface area contributed by atoms with Gasteiger partial charge in [0.2, 0.25) is 0 Å². The fraction of sp³-hybridized carbons (Fsp3) is 1.00. The van der Waals surface area contributed by atoms with E-state index in [-0.39, 0.29) is 13.2 Å². The van der Waals surface area contributed by atoms with Crippen molar-refractivity contribution >= 4 is 0 Å². The van der Waals surface area contributed by atoms with Crippen LogP contribution in [0.2, 0.25) is 0 Å². The summed E-state index contributed by atoms with van der Waals surface area (Å²) >= 11 is 0. The minimum absolute atomic E-state index is 0.219. The summed E-state index contributed by atoms with van der Waals surface area (Å²) in [7, 11) is 0. The van der Waals surface area contributed by atoms with Gasteiger partial charge in [-0.15, -0.1) is 0 Å². The Balaban J connectivity index is 2.41. The number of hydrogen-bond donors (Lipinski definition) is 3. The van der Waals surface area contributed by atoms with E-state index < -0.39 is 5.60 Å². The third-order valence-corrected chi connectivity index (χ3v) is 1.54. The number of hydrogen-bond acceptors (Lipinski definition) is 4. The molecular formula is C6H13NO3. The maximum absolute atomic E-state index is 9.42. The van der Waals surface area contributed by atoms with Gasteiger partial charge in [0.1, 0.15) is 5.60 Å². The molecule has 1 aliphatic rings. The van der Waals surface area contributed by atoms with Gasteiger partial charge in [-0.25, -0.2) is 0 Å². The fourth-order valence-corrected chi connectivity index (χ4v) is 0.880. The molecule has 1 aliphatic heterocycles. The topological polar surface area (TPSA) is 61.7 Å². The van der Waals surface area contributed by atoms with Crippen LogP contribution in [-0.2, 0) is 4.74 Å². The zero-order valence-corrected chi connectivity index (χ0v) is 5.84. The first-order valence-electron chi connectivity index (χ1n) is 3.38. The van der Waals surface area contributed by atoms with E-state index in [0.717, 1.165) is 6.54 Å². The van der Waals surface area contributed by atoms with Crippen molar-refractivity contribution in [1.82, 2.24) is 5.32 Å². The standard InChI is InChI=1S/C6H13NO3/c8-4-6(9)3-7-1-2-10-5-6/h7-9H,1-5H2. The van der Waals surface area contributed by atoms with Gasteiger partial charge in [0, 0.05) is 13.1 Å². The summed E-state index contributed by atoms with van der Waals surface area (Å²) < 4.78 is 5.03. The molecule has 0 spiro atoms. The second-order valence-electron chi connectivity index (χ2n) is 2.61. The number of aliphatic hydroxyl groups excluding tert-OH is 1. The highest BCUT2D eigenvalue weighted by Crippen LogP contribution is 2.04. The average Bonchev–Trinajstić information content (AvgIpc) is 2.15. The van der Waals surface area contributed by atoms with Crippen LogP contribution >= 0.6 is 0 Å². The van der Waals surface area contributed by atoms with Crippen molar-refractivity contribution in [3.8, 4) is 0 Å². The molecule has 0 aromatic carbocycles. The van der Waals surface area contributed by atoms with E-state index in [1.807, 2.05) is 0 Å². The van der Waals surface area contributed by atoms with Gasteiger partial charge in [-0.1, -0.05) is 0 Å². The van der Waals surface area contributed by atoms with E-state index in [1.54, 1.807) is 0 Å². The van der Waals surface area contributed by atoms with Crippen LogP contribution in [0.15, 0.2) is 0 Å². The third kappa shape index (κ3) is 1.91. The molecule has 3 N–H and O–H groups in total. The van der Waals surface area contributed by atoms with Gasteiger partial charge < -0.3 is 20.3 Å². The summed E-state index contributed by atoms with van der Waals surface area (Å²) in [5, 5.41) is 21.1. The quantitative estimate of drug-likeness (QED) is 0.415. The van der Waals surface area contributed by atoms with Crippen LogP contribution in [0.3, 0.4) is 0 Å². The summed E-state index contributed by atoms with van der Waals surface area (Å²) in [6.45, 7) is 1.71. The van der Waals surface area contributed by atoms with E-state index in [0.29, 0.717) is 13.2 Å². The van der Waals surface area contributed by atoms with Crippen molar-refractivity contribution in [3.05, 3.63) is 0 Å². The molecule has 1 saturated heterocycles.